The second-order valence-electron chi connectivity index (χ2n) is 3.41. The molecular weight excluding hydrogens is 247 g/mol. The first kappa shape index (κ1) is 15.2. The van der Waals surface area contributed by atoms with Crippen LogP contribution < -0.4 is 5.73 Å². The van der Waals surface area contributed by atoms with Crippen molar-refractivity contribution in [2.45, 2.75) is 13.0 Å². The lowest BCUT2D eigenvalue weighted by Crippen LogP contribution is -2.34. The van der Waals surface area contributed by atoms with E-state index in [0.717, 1.165) is 5.56 Å². The largest absolute Gasteiger partial charge is 0.338 e. The minimum Gasteiger partial charge on any atom is -0.338 e. The second-order valence-corrected chi connectivity index (χ2v) is 3.81. The summed E-state index contributed by atoms with van der Waals surface area (Å²) in [7, 11) is 1.73. The standard InChI is InChI=1S/C11H15ClN2O.ClH/c1-8(14(2)11(15)7-13)9-5-3-4-6-10(9)12;/h3-6,8H,7,13H2,1-2H3;1H. The van der Waals surface area contributed by atoms with Crippen LogP contribution in [0.5, 0.6) is 0 Å². The van der Waals surface area contributed by atoms with Gasteiger partial charge in [0.2, 0.25) is 5.91 Å². The number of hydrogen-bond donors (Lipinski definition) is 1. The Morgan fingerprint density at radius 2 is 2.06 bits per heavy atom. The topological polar surface area (TPSA) is 46.3 Å². The van der Waals surface area contributed by atoms with Gasteiger partial charge in [0.05, 0.1) is 12.6 Å². The summed E-state index contributed by atoms with van der Waals surface area (Å²) < 4.78 is 0. The van der Waals surface area contributed by atoms with Gasteiger partial charge in [-0.15, -0.1) is 12.4 Å². The predicted molar refractivity (Wildman–Crippen MR) is 68.9 cm³/mol. The molecule has 0 spiro atoms. The summed E-state index contributed by atoms with van der Waals surface area (Å²) in [5.74, 6) is -0.0950. The highest BCUT2D eigenvalue weighted by molar-refractivity contribution is 6.31. The number of hydrogen-bond acceptors (Lipinski definition) is 2. The van der Waals surface area contributed by atoms with E-state index in [1.54, 1.807) is 11.9 Å². The molecule has 0 saturated carbocycles. The maximum atomic E-state index is 11.4. The van der Waals surface area contributed by atoms with Crippen LogP contribution in [0.25, 0.3) is 0 Å². The fourth-order valence-corrected chi connectivity index (χ4v) is 1.68. The van der Waals surface area contributed by atoms with E-state index in [-0.39, 0.29) is 30.9 Å². The molecule has 1 amide bonds. The van der Waals surface area contributed by atoms with Crippen LogP contribution in [0.3, 0.4) is 0 Å². The van der Waals surface area contributed by atoms with Crippen molar-refractivity contribution < 1.29 is 4.79 Å². The molecule has 0 aromatic heterocycles. The Kier molecular flexibility index (Phi) is 6.41. The van der Waals surface area contributed by atoms with E-state index in [9.17, 15) is 4.79 Å². The van der Waals surface area contributed by atoms with E-state index < -0.39 is 0 Å². The van der Waals surface area contributed by atoms with Crippen LogP contribution in [0.15, 0.2) is 24.3 Å². The molecule has 90 valence electrons. The van der Waals surface area contributed by atoms with E-state index in [0.29, 0.717) is 5.02 Å². The zero-order chi connectivity index (χ0) is 11.4. The monoisotopic (exact) mass is 262 g/mol. The van der Waals surface area contributed by atoms with Crippen LogP contribution in [0.2, 0.25) is 5.02 Å². The highest BCUT2D eigenvalue weighted by Gasteiger charge is 2.17. The Balaban J connectivity index is 0.00000225. The molecule has 0 saturated heterocycles. The molecule has 16 heavy (non-hydrogen) atoms. The van der Waals surface area contributed by atoms with E-state index >= 15 is 0 Å². The summed E-state index contributed by atoms with van der Waals surface area (Å²) >= 11 is 6.04. The highest BCUT2D eigenvalue weighted by Crippen LogP contribution is 2.25. The maximum absolute atomic E-state index is 11.4. The van der Waals surface area contributed by atoms with Crippen molar-refractivity contribution in [2.75, 3.05) is 13.6 Å². The van der Waals surface area contributed by atoms with Gasteiger partial charge in [0.25, 0.3) is 0 Å². The number of amides is 1. The first-order valence-electron chi connectivity index (χ1n) is 4.78. The van der Waals surface area contributed by atoms with Gasteiger partial charge in [-0.05, 0) is 18.6 Å². The predicted octanol–water partition coefficient (Wildman–Crippen LogP) is 2.24. The molecule has 1 aromatic rings. The van der Waals surface area contributed by atoms with Crippen molar-refractivity contribution >= 4 is 29.9 Å². The number of likely N-dealkylation sites (N-methyl/N-ethyl adjacent to an activating group) is 1. The maximum Gasteiger partial charge on any atom is 0.236 e. The zero-order valence-corrected chi connectivity index (χ0v) is 10.9. The smallest absolute Gasteiger partial charge is 0.236 e. The molecule has 3 nitrogen and oxygen atoms in total. The van der Waals surface area contributed by atoms with Gasteiger partial charge in [0.1, 0.15) is 0 Å². The van der Waals surface area contributed by atoms with Crippen LogP contribution in [-0.4, -0.2) is 24.4 Å². The molecular formula is C11H16Cl2N2O. The van der Waals surface area contributed by atoms with Gasteiger partial charge < -0.3 is 10.6 Å². The normalized spacial score (nSPS) is 11.5. The van der Waals surface area contributed by atoms with Gasteiger partial charge in [-0.25, -0.2) is 0 Å². The number of rotatable bonds is 3. The van der Waals surface area contributed by atoms with Crippen LogP contribution in [0.4, 0.5) is 0 Å². The lowest BCUT2D eigenvalue weighted by Gasteiger charge is -2.25. The highest BCUT2D eigenvalue weighted by atomic mass is 35.5. The van der Waals surface area contributed by atoms with Gasteiger partial charge in [-0.3, -0.25) is 4.79 Å². The Bertz CT molecular complexity index is 358. The fraction of sp³-hybridized carbons (Fsp3) is 0.364. The average Bonchev–Trinajstić information content (AvgIpc) is 2.26. The summed E-state index contributed by atoms with van der Waals surface area (Å²) in [6.07, 6.45) is 0. The first-order valence-corrected chi connectivity index (χ1v) is 5.16. The molecule has 0 fully saturated rings. The molecule has 0 aliphatic carbocycles. The fourth-order valence-electron chi connectivity index (χ4n) is 1.38. The number of nitrogens with two attached hydrogens (primary N) is 1. The van der Waals surface area contributed by atoms with Crippen molar-refractivity contribution in [3.05, 3.63) is 34.9 Å². The summed E-state index contributed by atoms with van der Waals surface area (Å²) in [5.41, 5.74) is 6.24. The zero-order valence-electron chi connectivity index (χ0n) is 9.31. The molecule has 0 aliphatic heterocycles. The third-order valence-corrected chi connectivity index (χ3v) is 2.85. The molecule has 0 aliphatic rings. The molecule has 0 radical (unpaired) electrons. The number of halogens is 2. The Morgan fingerprint density at radius 1 is 1.50 bits per heavy atom. The van der Waals surface area contributed by atoms with E-state index in [1.165, 1.54) is 0 Å². The van der Waals surface area contributed by atoms with E-state index in [4.69, 9.17) is 17.3 Å². The number of nitrogens with zero attached hydrogens (tertiary/aromatic N) is 1. The number of benzene rings is 1. The van der Waals surface area contributed by atoms with Crippen molar-refractivity contribution in [1.29, 1.82) is 0 Å². The second kappa shape index (κ2) is 6.74. The summed E-state index contributed by atoms with van der Waals surface area (Å²) in [6, 6.07) is 7.43. The Labute approximate surface area is 107 Å². The molecule has 1 rings (SSSR count). The van der Waals surface area contributed by atoms with E-state index in [2.05, 4.69) is 0 Å². The van der Waals surface area contributed by atoms with Gasteiger partial charge in [-0.2, -0.15) is 0 Å². The molecule has 2 N–H and O–H groups in total. The quantitative estimate of drug-likeness (QED) is 0.909. The molecule has 1 aromatic carbocycles. The Hall–Kier alpha value is -0.770. The summed E-state index contributed by atoms with van der Waals surface area (Å²) in [4.78, 5) is 13.0. The van der Waals surface area contributed by atoms with Crippen molar-refractivity contribution in [2.24, 2.45) is 5.73 Å². The van der Waals surface area contributed by atoms with Crippen LogP contribution in [-0.2, 0) is 4.79 Å². The third kappa shape index (κ3) is 3.37. The minimum absolute atomic E-state index is 0. The average molecular weight is 263 g/mol. The van der Waals surface area contributed by atoms with Gasteiger partial charge in [0, 0.05) is 12.1 Å². The van der Waals surface area contributed by atoms with Gasteiger partial charge >= 0.3 is 0 Å². The van der Waals surface area contributed by atoms with Crippen LogP contribution in [0, 0.1) is 0 Å². The molecule has 5 heteroatoms. The van der Waals surface area contributed by atoms with Crippen LogP contribution in [0.1, 0.15) is 18.5 Å². The van der Waals surface area contributed by atoms with Gasteiger partial charge in [-0.1, -0.05) is 29.8 Å². The molecule has 1 unspecified atom stereocenters. The first-order chi connectivity index (χ1) is 7.07. The van der Waals surface area contributed by atoms with Crippen molar-refractivity contribution in [3.8, 4) is 0 Å². The number of carbonyl (C=O) groups excluding carboxylic acids is 1. The third-order valence-electron chi connectivity index (χ3n) is 2.50. The van der Waals surface area contributed by atoms with Gasteiger partial charge in [0.15, 0.2) is 0 Å². The Morgan fingerprint density at radius 3 is 2.56 bits per heavy atom. The van der Waals surface area contributed by atoms with Crippen LogP contribution >= 0.6 is 24.0 Å². The molecule has 0 heterocycles. The lowest BCUT2D eigenvalue weighted by atomic mass is 10.1. The molecule has 1 atom stereocenters. The van der Waals surface area contributed by atoms with Crippen molar-refractivity contribution in [1.82, 2.24) is 4.90 Å². The number of carbonyl (C=O) groups is 1. The lowest BCUT2D eigenvalue weighted by molar-refractivity contribution is -0.130. The van der Waals surface area contributed by atoms with Crippen molar-refractivity contribution in [3.63, 3.8) is 0 Å². The van der Waals surface area contributed by atoms with E-state index in [1.807, 2.05) is 31.2 Å². The SMILES string of the molecule is CC(c1ccccc1Cl)N(C)C(=O)CN.Cl. The summed E-state index contributed by atoms with van der Waals surface area (Å²) in [5, 5.41) is 0.668. The minimum atomic E-state index is -0.0950. The molecule has 0 bridgehead atoms. The summed E-state index contributed by atoms with van der Waals surface area (Å²) in [6.45, 7) is 1.94.